The van der Waals surface area contributed by atoms with E-state index in [0.717, 1.165) is 19.6 Å². The second-order valence-corrected chi connectivity index (χ2v) is 3.40. The van der Waals surface area contributed by atoms with E-state index in [2.05, 4.69) is 4.90 Å². The van der Waals surface area contributed by atoms with Gasteiger partial charge in [0.2, 0.25) is 0 Å². The van der Waals surface area contributed by atoms with E-state index in [9.17, 15) is 9.59 Å². The molecule has 0 radical (unpaired) electrons. The molecule has 17 heavy (non-hydrogen) atoms. The van der Waals surface area contributed by atoms with Crippen molar-refractivity contribution < 1.29 is 81.8 Å². The van der Waals surface area contributed by atoms with E-state index in [1.54, 1.807) is 0 Å². The zero-order valence-electron chi connectivity index (χ0n) is 13.3. The van der Waals surface area contributed by atoms with Crippen LogP contribution in [0.25, 0.3) is 0 Å². The van der Waals surface area contributed by atoms with Crippen molar-refractivity contribution in [2.75, 3.05) is 19.6 Å². The summed E-state index contributed by atoms with van der Waals surface area (Å²) >= 11 is 0. The molecule has 0 rings (SSSR count). The molecule has 0 saturated carbocycles. The molecule has 0 bridgehead atoms. The van der Waals surface area contributed by atoms with Gasteiger partial charge in [-0.2, -0.15) is 0 Å². The minimum atomic E-state index is -1.26. The molecule has 0 spiro atoms. The van der Waals surface area contributed by atoms with Crippen LogP contribution in [0.3, 0.4) is 0 Å². The van der Waals surface area contributed by atoms with Crippen molar-refractivity contribution in [3.8, 4) is 0 Å². The molecule has 0 aromatic carbocycles. The van der Waals surface area contributed by atoms with Crippen LogP contribution < -0.4 is 59.1 Å². The Morgan fingerprint density at radius 3 is 1.82 bits per heavy atom. The Kier molecular flexibility index (Phi) is 18.1. The molecule has 0 aromatic heterocycles. The first kappa shape index (κ1) is 23.0. The first-order valence-electron chi connectivity index (χ1n) is 5.20. The summed E-state index contributed by atoms with van der Waals surface area (Å²) in [4.78, 5) is 23.3. The maximum Gasteiger partial charge on any atom is 1.00 e. The molecule has 0 aliphatic heterocycles. The van der Waals surface area contributed by atoms with Gasteiger partial charge in [-0.05, 0) is 32.5 Å². The second kappa shape index (κ2) is 13.3. The molecule has 5 nitrogen and oxygen atoms in total. The molecule has 0 heterocycles. The molecule has 0 aliphatic rings. The Morgan fingerprint density at radius 2 is 1.53 bits per heavy atom. The summed E-state index contributed by atoms with van der Waals surface area (Å²) in [5, 5.41) is 17.3. The minimum absolute atomic E-state index is 0. The van der Waals surface area contributed by atoms with Gasteiger partial charge < -0.3 is 18.0 Å². The van der Waals surface area contributed by atoms with E-state index in [1.165, 1.54) is 0 Å². The van der Waals surface area contributed by atoms with E-state index < -0.39 is 17.9 Å². The molecule has 2 N–H and O–H groups in total. The van der Waals surface area contributed by atoms with Crippen molar-refractivity contribution >= 4 is 11.9 Å². The fourth-order valence-electron chi connectivity index (χ4n) is 1.41. The molecule has 0 unspecified atom stereocenters. The van der Waals surface area contributed by atoms with Crippen molar-refractivity contribution in [1.82, 2.24) is 4.90 Å². The van der Waals surface area contributed by atoms with Gasteiger partial charge in [-0.25, -0.2) is 0 Å². The van der Waals surface area contributed by atoms with E-state index >= 15 is 0 Å². The maximum atomic E-state index is 10.6. The fraction of sp³-hybridized carbons (Fsp3) is 0.800. The topological polar surface area (TPSA) is 77.8 Å². The van der Waals surface area contributed by atoms with Gasteiger partial charge in [0.05, 0.1) is 0 Å². The van der Waals surface area contributed by atoms with Crippen LogP contribution in [0, 0.1) is 5.92 Å². The summed E-state index contributed by atoms with van der Waals surface area (Å²) in [5.41, 5.74) is 0. The SMILES string of the molecule is CCN(CC)CCCC(C(=O)O)C(=O)O.[H-].[H-].[Na+].[Na+]. The van der Waals surface area contributed by atoms with Crippen LogP contribution in [0.1, 0.15) is 29.5 Å². The first-order valence-corrected chi connectivity index (χ1v) is 5.20. The summed E-state index contributed by atoms with van der Waals surface area (Å²) in [5.74, 6) is -3.76. The van der Waals surface area contributed by atoms with Gasteiger partial charge in [-0.1, -0.05) is 13.8 Å². The Labute approximate surface area is 149 Å². The second-order valence-electron chi connectivity index (χ2n) is 3.40. The fourth-order valence-corrected chi connectivity index (χ4v) is 1.41. The van der Waals surface area contributed by atoms with Crippen LogP contribution in [-0.4, -0.2) is 46.7 Å². The number of carboxylic acid groups (broad SMARTS) is 2. The van der Waals surface area contributed by atoms with Gasteiger partial charge in [0.1, 0.15) is 0 Å². The quantitative estimate of drug-likeness (QED) is 0.340. The molecular formula is C10H21NNa2O4. The molecule has 0 aliphatic carbocycles. The van der Waals surface area contributed by atoms with Crippen molar-refractivity contribution in [2.24, 2.45) is 5.92 Å². The van der Waals surface area contributed by atoms with Crippen LogP contribution >= 0.6 is 0 Å². The molecule has 0 aromatic rings. The Bertz CT molecular complexity index is 218. The van der Waals surface area contributed by atoms with Crippen molar-refractivity contribution in [1.29, 1.82) is 0 Å². The third-order valence-electron chi connectivity index (χ3n) is 2.46. The summed E-state index contributed by atoms with van der Waals surface area (Å²) in [6.45, 7) is 6.61. The Morgan fingerprint density at radius 1 is 1.12 bits per heavy atom. The van der Waals surface area contributed by atoms with Gasteiger partial charge in [0.25, 0.3) is 0 Å². The van der Waals surface area contributed by atoms with Gasteiger partial charge in [-0.15, -0.1) is 0 Å². The zero-order chi connectivity index (χ0) is 11.8. The summed E-state index contributed by atoms with van der Waals surface area (Å²) < 4.78 is 0. The number of nitrogens with zero attached hydrogens (tertiary/aromatic N) is 1. The number of hydrogen-bond donors (Lipinski definition) is 2. The number of aliphatic carboxylic acids is 2. The molecule has 0 saturated heterocycles. The van der Waals surface area contributed by atoms with E-state index in [1.807, 2.05) is 13.8 Å². The van der Waals surface area contributed by atoms with Crippen LogP contribution in [0.2, 0.25) is 0 Å². The van der Waals surface area contributed by atoms with Gasteiger partial charge in [0, 0.05) is 0 Å². The molecule has 0 amide bonds. The smallest absolute Gasteiger partial charge is 1.00 e. The Hall–Kier alpha value is 0.900. The van der Waals surface area contributed by atoms with Crippen LogP contribution in [-0.2, 0) is 9.59 Å². The Balaban J connectivity index is -0.000000163. The molecule has 7 heteroatoms. The van der Waals surface area contributed by atoms with Crippen molar-refractivity contribution in [2.45, 2.75) is 26.7 Å². The molecule has 92 valence electrons. The largest absolute Gasteiger partial charge is 1.00 e. The molecule has 0 atom stereocenters. The van der Waals surface area contributed by atoms with Crippen LogP contribution in [0.4, 0.5) is 0 Å². The third kappa shape index (κ3) is 10.5. The predicted octanol–water partition coefficient (Wildman–Crippen LogP) is -4.87. The van der Waals surface area contributed by atoms with Gasteiger partial charge >= 0.3 is 71.1 Å². The summed E-state index contributed by atoms with van der Waals surface area (Å²) in [7, 11) is 0. The van der Waals surface area contributed by atoms with Crippen LogP contribution in [0.15, 0.2) is 0 Å². The number of carboxylic acids is 2. The predicted molar refractivity (Wildman–Crippen MR) is 58.0 cm³/mol. The van der Waals surface area contributed by atoms with E-state index in [0.29, 0.717) is 6.42 Å². The van der Waals surface area contributed by atoms with Gasteiger partial charge in [-0.3, -0.25) is 9.59 Å². The standard InChI is InChI=1S/C10H19NO4.2Na.2H/c1-3-11(4-2)7-5-6-8(9(12)13)10(14)15;;;;/h8H,3-7H2,1-2H3,(H,12,13)(H,14,15);;;;/q;2*+1;2*-1. The van der Waals surface area contributed by atoms with Gasteiger partial charge in [0.15, 0.2) is 5.92 Å². The monoisotopic (exact) mass is 265 g/mol. The zero-order valence-corrected chi connectivity index (χ0v) is 15.3. The van der Waals surface area contributed by atoms with E-state index in [4.69, 9.17) is 10.2 Å². The van der Waals surface area contributed by atoms with Crippen molar-refractivity contribution in [3.63, 3.8) is 0 Å². The summed E-state index contributed by atoms with van der Waals surface area (Å²) in [6, 6.07) is 0. The number of rotatable bonds is 8. The third-order valence-corrected chi connectivity index (χ3v) is 2.46. The normalized spacial score (nSPS) is 9.65. The maximum absolute atomic E-state index is 10.6. The molecule has 0 fully saturated rings. The molecular weight excluding hydrogens is 244 g/mol. The minimum Gasteiger partial charge on any atom is -1.00 e. The average Bonchev–Trinajstić information content (AvgIpc) is 2.17. The summed E-state index contributed by atoms with van der Waals surface area (Å²) in [6.07, 6.45) is 0.798. The van der Waals surface area contributed by atoms with E-state index in [-0.39, 0.29) is 68.4 Å². The first-order chi connectivity index (χ1) is 7.02. The van der Waals surface area contributed by atoms with Crippen LogP contribution in [0.5, 0.6) is 0 Å². The number of carbonyl (C=O) groups is 2. The number of hydrogen-bond acceptors (Lipinski definition) is 3. The average molecular weight is 265 g/mol. The van der Waals surface area contributed by atoms with Crippen molar-refractivity contribution in [3.05, 3.63) is 0 Å².